The van der Waals surface area contributed by atoms with Crippen LogP contribution in [0.2, 0.25) is 0 Å². The van der Waals surface area contributed by atoms with Crippen molar-refractivity contribution in [3.8, 4) is 5.75 Å². The number of hydrogen-bond donors (Lipinski definition) is 2. The molecule has 3 N–H and O–H groups in total. The number of nitrogen functional groups attached to an aromatic ring is 1. The SMILES string of the molecule is Nc1cc(CO)ccc1OCc1ccccc1. The molecule has 0 heterocycles. The van der Waals surface area contributed by atoms with Crippen molar-refractivity contribution in [2.24, 2.45) is 0 Å². The molecule has 0 aliphatic carbocycles. The van der Waals surface area contributed by atoms with E-state index in [1.807, 2.05) is 30.3 Å². The van der Waals surface area contributed by atoms with Crippen LogP contribution in [0.5, 0.6) is 5.75 Å². The van der Waals surface area contributed by atoms with Gasteiger partial charge in [-0.05, 0) is 23.3 Å². The second-order valence-corrected chi connectivity index (χ2v) is 3.80. The Kier molecular flexibility index (Phi) is 3.62. The maximum absolute atomic E-state index is 8.96. The fourth-order valence-corrected chi connectivity index (χ4v) is 1.56. The molecular formula is C14H15NO2. The van der Waals surface area contributed by atoms with Crippen LogP contribution in [0.3, 0.4) is 0 Å². The van der Waals surface area contributed by atoms with Gasteiger partial charge in [-0.2, -0.15) is 0 Å². The molecule has 0 spiro atoms. The Morgan fingerprint density at radius 1 is 1.00 bits per heavy atom. The molecular weight excluding hydrogens is 214 g/mol. The van der Waals surface area contributed by atoms with Gasteiger partial charge in [-0.1, -0.05) is 36.4 Å². The Hall–Kier alpha value is -2.00. The molecule has 0 radical (unpaired) electrons. The topological polar surface area (TPSA) is 55.5 Å². The maximum atomic E-state index is 8.96. The second kappa shape index (κ2) is 5.37. The van der Waals surface area contributed by atoms with E-state index in [0.29, 0.717) is 18.0 Å². The van der Waals surface area contributed by atoms with Gasteiger partial charge in [-0.15, -0.1) is 0 Å². The van der Waals surface area contributed by atoms with E-state index in [4.69, 9.17) is 15.6 Å². The van der Waals surface area contributed by atoms with Crippen LogP contribution in [0.15, 0.2) is 48.5 Å². The summed E-state index contributed by atoms with van der Waals surface area (Å²) in [7, 11) is 0. The van der Waals surface area contributed by atoms with Gasteiger partial charge in [0.05, 0.1) is 12.3 Å². The third-order valence-corrected chi connectivity index (χ3v) is 2.49. The number of anilines is 1. The predicted octanol–water partition coefficient (Wildman–Crippen LogP) is 2.34. The summed E-state index contributed by atoms with van der Waals surface area (Å²) in [5.74, 6) is 0.644. The highest BCUT2D eigenvalue weighted by molar-refractivity contribution is 5.54. The fourth-order valence-electron chi connectivity index (χ4n) is 1.56. The molecule has 3 heteroatoms. The van der Waals surface area contributed by atoms with E-state index >= 15 is 0 Å². The number of benzene rings is 2. The average Bonchev–Trinajstić information content (AvgIpc) is 2.38. The van der Waals surface area contributed by atoms with Gasteiger partial charge < -0.3 is 15.6 Å². The summed E-state index contributed by atoms with van der Waals surface area (Å²) in [6, 6.07) is 15.2. The van der Waals surface area contributed by atoms with Crippen LogP contribution in [0.1, 0.15) is 11.1 Å². The summed E-state index contributed by atoms with van der Waals surface area (Å²) >= 11 is 0. The summed E-state index contributed by atoms with van der Waals surface area (Å²) in [5.41, 5.74) is 8.26. The first-order chi connectivity index (χ1) is 8.29. The molecule has 0 bridgehead atoms. The normalized spacial score (nSPS) is 10.2. The molecule has 17 heavy (non-hydrogen) atoms. The molecule has 2 aromatic carbocycles. The fraction of sp³-hybridized carbons (Fsp3) is 0.143. The van der Waals surface area contributed by atoms with Crippen LogP contribution in [0, 0.1) is 0 Å². The van der Waals surface area contributed by atoms with Gasteiger partial charge in [0.15, 0.2) is 0 Å². The van der Waals surface area contributed by atoms with Crippen LogP contribution in [-0.4, -0.2) is 5.11 Å². The zero-order chi connectivity index (χ0) is 12.1. The highest BCUT2D eigenvalue weighted by atomic mass is 16.5. The van der Waals surface area contributed by atoms with E-state index in [2.05, 4.69) is 0 Å². The largest absolute Gasteiger partial charge is 0.487 e. The Morgan fingerprint density at radius 2 is 1.76 bits per heavy atom. The summed E-state index contributed by atoms with van der Waals surface area (Å²) < 4.78 is 5.62. The van der Waals surface area contributed by atoms with Gasteiger partial charge in [0.2, 0.25) is 0 Å². The summed E-state index contributed by atoms with van der Waals surface area (Å²) in [6.07, 6.45) is 0. The van der Waals surface area contributed by atoms with Crippen molar-refractivity contribution < 1.29 is 9.84 Å². The minimum absolute atomic E-state index is 0.0107. The Morgan fingerprint density at radius 3 is 2.41 bits per heavy atom. The van der Waals surface area contributed by atoms with Crippen LogP contribution in [0.4, 0.5) is 5.69 Å². The molecule has 0 aromatic heterocycles. The molecule has 0 aliphatic heterocycles. The van der Waals surface area contributed by atoms with Crippen molar-refractivity contribution in [3.63, 3.8) is 0 Å². The Bertz CT molecular complexity index is 483. The lowest BCUT2D eigenvalue weighted by Gasteiger charge is -2.09. The molecule has 2 aromatic rings. The summed E-state index contributed by atoms with van der Waals surface area (Å²) in [5, 5.41) is 8.96. The number of ether oxygens (including phenoxy) is 1. The first kappa shape index (κ1) is 11.5. The summed E-state index contributed by atoms with van der Waals surface area (Å²) in [4.78, 5) is 0. The zero-order valence-corrected chi connectivity index (χ0v) is 9.47. The molecule has 0 saturated heterocycles. The lowest BCUT2D eigenvalue weighted by Crippen LogP contribution is -1.99. The molecule has 0 fully saturated rings. The minimum Gasteiger partial charge on any atom is -0.487 e. The average molecular weight is 229 g/mol. The van der Waals surface area contributed by atoms with Gasteiger partial charge in [-0.3, -0.25) is 0 Å². The maximum Gasteiger partial charge on any atom is 0.142 e. The Balaban J connectivity index is 2.04. The van der Waals surface area contributed by atoms with E-state index in [1.54, 1.807) is 18.2 Å². The molecule has 0 unspecified atom stereocenters. The van der Waals surface area contributed by atoms with Crippen LogP contribution >= 0.6 is 0 Å². The first-order valence-corrected chi connectivity index (χ1v) is 5.45. The highest BCUT2D eigenvalue weighted by Gasteiger charge is 2.02. The van der Waals surface area contributed by atoms with Crippen molar-refractivity contribution in [1.29, 1.82) is 0 Å². The quantitative estimate of drug-likeness (QED) is 0.791. The van der Waals surface area contributed by atoms with E-state index in [0.717, 1.165) is 11.1 Å². The van der Waals surface area contributed by atoms with E-state index < -0.39 is 0 Å². The molecule has 0 amide bonds. The first-order valence-electron chi connectivity index (χ1n) is 5.45. The molecule has 88 valence electrons. The van der Waals surface area contributed by atoms with Crippen molar-refractivity contribution in [2.45, 2.75) is 13.2 Å². The van der Waals surface area contributed by atoms with E-state index in [-0.39, 0.29) is 6.61 Å². The smallest absolute Gasteiger partial charge is 0.142 e. The molecule has 0 atom stereocenters. The third kappa shape index (κ3) is 2.98. The number of aliphatic hydroxyl groups is 1. The molecule has 0 saturated carbocycles. The third-order valence-electron chi connectivity index (χ3n) is 2.49. The van der Waals surface area contributed by atoms with Crippen molar-refractivity contribution >= 4 is 5.69 Å². The van der Waals surface area contributed by atoms with Gasteiger partial charge in [0.25, 0.3) is 0 Å². The van der Waals surface area contributed by atoms with Gasteiger partial charge in [0, 0.05) is 0 Å². The van der Waals surface area contributed by atoms with Gasteiger partial charge >= 0.3 is 0 Å². The monoisotopic (exact) mass is 229 g/mol. The van der Waals surface area contributed by atoms with Crippen molar-refractivity contribution in [1.82, 2.24) is 0 Å². The lowest BCUT2D eigenvalue weighted by atomic mass is 10.2. The lowest BCUT2D eigenvalue weighted by molar-refractivity contribution is 0.281. The molecule has 0 aliphatic rings. The molecule has 2 rings (SSSR count). The van der Waals surface area contributed by atoms with Crippen LogP contribution in [0.25, 0.3) is 0 Å². The molecule has 3 nitrogen and oxygen atoms in total. The van der Waals surface area contributed by atoms with Crippen molar-refractivity contribution in [2.75, 3.05) is 5.73 Å². The van der Waals surface area contributed by atoms with E-state index in [1.165, 1.54) is 0 Å². The minimum atomic E-state index is -0.0107. The number of rotatable bonds is 4. The summed E-state index contributed by atoms with van der Waals surface area (Å²) in [6.45, 7) is 0.479. The zero-order valence-electron chi connectivity index (χ0n) is 9.47. The standard InChI is InChI=1S/C14H15NO2/c15-13-8-12(9-16)6-7-14(13)17-10-11-4-2-1-3-5-11/h1-8,16H,9-10,15H2. The van der Waals surface area contributed by atoms with E-state index in [9.17, 15) is 0 Å². The highest BCUT2D eigenvalue weighted by Crippen LogP contribution is 2.23. The van der Waals surface area contributed by atoms with Crippen LogP contribution < -0.4 is 10.5 Å². The Labute approximate surface area is 100 Å². The number of nitrogens with two attached hydrogens (primary N) is 1. The van der Waals surface area contributed by atoms with Gasteiger partial charge in [0.1, 0.15) is 12.4 Å². The number of hydrogen-bond acceptors (Lipinski definition) is 3. The second-order valence-electron chi connectivity index (χ2n) is 3.80. The van der Waals surface area contributed by atoms with Gasteiger partial charge in [-0.25, -0.2) is 0 Å². The van der Waals surface area contributed by atoms with Crippen molar-refractivity contribution in [3.05, 3.63) is 59.7 Å². The number of aliphatic hydroxyl groups excluding tert-OH is 1. The van der Waals surface area contributed by atoms with Crippen LogP contribution in [-0.2, 0) is 13.2 Å². The predicted molar refractivity (Wildman–Crippen MR) is 67.6 cm³/mol.